The van der Waals surface area contributed by atoms with Gasteiger partial charge >= 0.3 is 0 Å². The maximum Gasteiger partial charge on any atom is 0.141 e. The van der Waals surface area contributed by atoms with Crippen molar-refractivity contribution < 1.29 is 0 Å². The Morgan fingerprint density at radius 2 is 2.45 bits per heavy atom. The summed E-state index contributed by atoms with van der Waals surface area (Å²) in [6.45, 7) is 5.42. The van der Waals surface area contributed by atoms with Gasteiger partial charge in [-0.15, -0.1) is 0 Å². The Morgan fingerprint density at radius 1 is 1.73 bits per heavy atom. The summed E-state index contributed by atoms with van der Waals surface area (Å²) in [5.41, 5.74) is 5.46. The minimum absolute atomic E-state index is 0.605. The SMILES string of the molecule is CCC(C)Cn1cnc(N)c1. The standard InChI is InChI=1S/C8H15N3/c1-3-7(2)4-11-5-8(9)10-6-11/h5-7H,3-4,9H2,1-2H3. The highest BCUT2D eigenvalue weighted by atomic mass is 15.1. The molecule has 0 spiro atoms. The molecule has 0 aromatic carbocycles. The predicted molar refractivity (Wildman–Crippen MR) is 46.1 cm³/mol. The van der Waals surface area contributed by atoms with E-state index in [1.54, 1.807) is 6.33 Å². The Kier molecular flexibility index (Phi) is 2.52. The summed E-state index contributed by atoms with van der Waals surface area (Å²) in [5.74, 6) is 1.30. The summed E-state index contributed by atoms with van der Waals surface area (Å²) < 4.78 is 2.03. The smallest absolute Gasteiger partial charge is 0.141 e. The highest BCUT2D eigenvalue weighted by molar-refractivity contribution is 5.22. The molecule has 0 aliphatic carbocycles. The average molecular weight is 153 g/mol. The normalized spacial score (nSPS) is 13.3. The van der Waals surface area contributed by atoms with E-state index in [0.29, 0.717) is 11.7 Å². The maximum atomic E-state index is 5.46. The Balaban J connectivity index is 2.50. The second kappa shape index (κ2) is 3.42. The Bertz CT molecular complexity index is 217. The van der Waals surface area contributed by atoms with Gasteiger partial charge in [-0.2, -0.15) is 0 Å². The van der Waals surface area contributed by atoms with Crippen molar-refractivity contribution in [3.63, 3.8) is 0 Å². The molecule has 1 atom stereocenters. The zero-order valence-electron chi connectivity index (χ0n) is 7.12. The van der Waals surface area contributed by atoms with Crippen LogP contribution in [0.4, 0.5) is 5.82 Å². The van der Waals surface area contributed by atoms with E-state index in [4.69, 9.17) is 5.73 Å². The van der Waals surface area contributed by atoms with E-state index in [-0.39, 0.29) is 0 Å². The van der Waals surface area contributed by atoms with Gasteiger partial charge in [-0.25, -0.2) is 4.98 Å². The fraction of sp³-hybridized carbons (Fsp3) is 0.625. The van der Waals surface area contributed by atoms with Crippen LogP contribution in [0.2, 0.25) is 0 Å². The number of rotatable bonds is 3. The molecule has 1 heterocycles. The van der Waals surface area contributed by atoms with E-state index in [0.717, 1.165) is 6.54 Å². The molecular formula is C8H15N3. The van der Waals surface area contributed by atoms with E-state index < -0.39 is 0 Å². The van der Waals surface area contributed by atoms with Gasteiger partial charge in [-0.05, 0) is 5.92 Å². The minimum Gasteiger partial charge on any atom is -0.382 e. The molecule has 0 fully saturated rings. The van der Waals surface area contributed by atoms with Crippen LogP contribution in [0.1, 0.15) is 20.3 Å². The lowest BCUT2D eigenvalue weighted by molar-refractivity contribution is 0.468. The molecule has 1 rings (SSSR count). The van der Waals surface area contributed by atoms with E-state index in [2.05, 4.69) is 18.8 Å². The first-order valence-electron chi connectivity index (χ1n) is 3.99. The third kappa shape index (κ3) is 2.26. The van der Waals surface area contributed by atoms with Gasteiger partial charge in [0.05, 0.1) is 6.33 Å². The van der Waals surface area contributed by atoms with Crippen molar-refractivity contribution in [2.45, 2.75) is 26.8 Å². The number of anilines is 1. The van der Waals surface area contributed by atoms with Gasteiger partial charge in [0, 0.05) is 12.7 Å². The van der Waals surface area contributed by atoms with Crippen molar-refractivity contribution >= 4 is 5.82 Å². The summed E-state index contributed by atoms with van der Waals surface area (Å²) in [5, 5.41) is 0. The maximum absolute atomic E-state index is 5.46. The molecule has 0 saturated heterocycles. The van der Waals surface area contributed by atoms with Gasteiger partial charge in [0.25, 0.3) is 0 Å². The molecule has 62 valence electrons. The second-order valence-electron chi connectivity index (χ2n) is 3.01. The first-order valence-corrected chi connectivity index (χ1v) is 3.99. The fourth-order valence-electron chi connectivity index (χ4n) is 0.966. The molecule has 0 amide bonds. The summed E-state index contributed by atoms with van der Waals surface area (Å²) in [4.78, 5) is 3.94. The second-order valence-corrected chi connectivity index (χ2v) is 3.01. The Labute approximate surface area is 67.2 Å². The average Bonchev–Trinajstić information content (AvgIpc) is 2.35. The van der Waals surface area contributed by atoms with E-state index in [1.165, 1.54) is 6.42 Å². The molecule has 1 aromatic rings. The van der Waals surface area contributed by atoms with Gasteiger partial charge in [0.2, 0.25) is 0 Å². The lowest BCUT2D eigenvalue weighted by atomic mass is 10.1. The Morgan fingerprint density at radius 3 is 2.91 bits per heavy atom. The zero-order chi connectivity index (χ0) is 8.27. The summed E-state index contributed by atoms with van der Waals surface area (Å²) in [7, 11) is 0. The molecule has 0 radical (unpaired) electrons. The monoisotopic (exact) mass is 153 g/mol. The number of imidazole rings is 1. The third-order valence-corrected chi connectivity index (χ3v) is 1.87. The van der Waals surface area contributed by atoms with E-state index in [1.807, 2.05) is 10.8 Å². The summed E-state index contributed by atoms with van der Waals surface area (Å²) in [6, 6.07) is 0. The van der Waals surface area contributed by atoms with Crippen LogP contribution >= 0.6 is 0 Å². The van der Waals surface area contributed by atoms with Crippen LogP contribution in [-0.2, 0) is 6.54 Å². The lowest BCUT2D eigenvalue weighted by Gasteiger charge is -2.07. The number of aromatic nitrogens is 2. The highest BCUT2D eigenvalue weighted by Crippen LogP contribution is 2.05. The molecular weight excluding hydrogens is 138 g/mol. The number of nitrogens with two attached hydrogens (primary N) is 1. The van der Waals surface area contributed by atoms with Crippen LogP contribution in [-0.4, -0.2) is 9.55 Å². The quantitative estimate of drug-likeness (QED) is 0.715. The molecule has 3 nitrogen and oxygen atoms in total. The van der Waals surface area contributed by atoms with Crippen molar-refractivity contribution in [3.05, 3.63) is 12.5 Å². The van der Waals surface area contributed by atoms with Crippen LogP contribution in [0.3, 0.4) is 0 Å². The van der Waals surface area contributed by atoms with E-state index in [9.17, 15) is 0 Å². The van der Waals surface area contributed by atoms with Gasteiger partial charge in [0.15, 0.2) is 0 Å². The van der Waals surface area contributed by atoms with Crippen LogP contribution in [0, 0.1) is 5.92 Å². The van der Waals surface area contributed by atoms with Gasteiger partial charge < -0.3 is 10.3 Å². The molecule has 3 heteroatoms. The molecule has 0 aliphatic rings. The fourth-order valence-corrected chi connectivity index (χ4v) is 0.966. The van der Waals surface area contributed by atoms with Crippen molar-refractivity contribution in [1.82, 2.24) is 9.55 Å². The van der Waals surface area contributed by atoms with Gasteiger partial charge in [-0.1, -0.05) is 20.3 Å². The van der Waals surface area contributed by atoms with Crippen molar-refractivity contribution in [1.29, 1.82) is 0 Å². The molecule has 2 N–H and O–H groups in total. The first-order chi connectivity index (χ1) is 5.22. The summed E-state index contributed by atoms with van der Waals surface area (Å²) >= 11 is 0. The minimum atomic E-state index is 0.605. The number of hydrogen-bond donors (Lipinski definition) is 1. The van der Waals surface area contributed by atoms with Crippen molar-refractivity contribution in [2.75, 3.05) is 5.73 Å². The molecule has 0 bridgehead atoms. The van der Waals surface area contributed by atoms with Crippen molar-refractivity contribution in [2.24, 2.45) is 5.92 Å². The molecule has 1 aromatic heterocycles. The van der Waals surface area contributed by atoms with Crippen molar-refractivity contribution in [3.8, 4) is 0 Å². The van der Waals surface area contributed by atoms with Crippen LogP contribution in [0.5, 0.6) is 0 Å². The van der Waals surface area contributed by atoms with Crippen LogP contribution in [0.25, 0.3) is 0 Å². The highest BCUT2D eigenvalue weighted by Gasteiger charge is 1.99. The molecule has 0 aliphatic heterocycles. The Hall–Kier alpha value is -0.990. The third-order valence-electron chi connectivity index (χ3n) is 1.87. The number of nitrogen functional groups attached to an aromatic ring is 1. The molecule has 11 heavy (non-hydrogen) atoms. The predicted octanol–water partition coefficient (Wildman–Crippen LogP) is 1.51. The number of nitrogens with zero attached hydrogens (tertiary/aromatic N) is 2. The summed E-state index contributed by atoms with van der Waals surface area (Å²) in [6.07, 6.45) is 4.84. The lowest BCUT2D eigenvalue weighted by Crippen LogP contribution is -2.04. The topological polar surface area (TPSA) is 43.8 Å². The van der Waals surface area contributed by atoms with Gasteiger partial charge in [-0.3, -0.25) is 0 Å². The van der Waals surface area contributed by atoms with Gasteiger partial charge in [0.1, 0.15) is 5.82 Å². The number of hydrogen-bond acceptors (Lipinski definition) is 2. The van der Waals surface area contributed by atoms with E-state index >= 15 is 0 Å². The first kappa shape index (κ1) is 8.11. The largest absolute Gasteiger partial charge is 0.382 e. The van der Waals surface area contributed by atoms with Crippen LogP contribution in [0.15, 0.2) is 12.5 Å². The zero-order valence-corrected chi connectivity index (χ0v) is 7.12. The molecule has 0 saturated carbocycles. The molecule has 1 unspecified atom stereocenters. The van der Waals surface area contributed by atoms with Crippen LogP contribution < -0.4 is 5.73 Å².